The molecule has 0 saturated carbocycles. The largest absolute Gasteiger partial charge is 0.497 e. The van der Waals surface area contributed by atoms with E-state index in [1.807, 2.05) is 26.0 Å². The number of ether oxygens (including phenoxy) is 2. The molecule has 0 bridgehead atoms. The number of rotatable bonds is 5. The summed E-state index contributed by atoms with van der Waals surface area (Å²) in [4.78, 5) is 12.0. The third-order valence-corrected chi connectivity index (χ3v) is 3.84. The Balaban J connectivity index is 2.01. The SMILES string of the molecule is COc1ccc(NC(=O)COc2c(C)cc(C)cc2Br)c(N)c1. The topological polar surface area (TPSA) is 73.6 Å². The van der Waals surface area contributed by atoms with E-state index in [0.29, 0.717) is 22.9 Å². The van der Waals surface area contributed by atoms with Crippen molar-refractivity contribution in [3.05, 3.63) is 45.9 Å². The summed E-state index contributed by atoms with van der Waals surface area (Å²) >= 11 is 3.45. The normalized spacial score (nSPS) is 10.3. The summed E-state index contributed by atoms with van der Waals surface area (Å²) in [6, 6.07) is 9.02. The van der Waals surface area contributed by atoms with E-state index in [2.05, 4.69) is 21.2 Å². The molecule has 2 aromatic rings. The Bertz CT molecular complexity index is 709. The van der Waals surface area contributed by atoms with Gasteiger partial charge in [-0.15, -0.1) is 0 Å². The van der Waals surface area contributed by atoms with Crippen LogP contribution in [0.1, 0.15) is 11.1 Å². The van der Waals surface area contributed by atoms with Crippen molar-refractivity contribution in [3.63, 3.8) is 0 Å². The molecule has 0 aliphatic carbocycles. The van der Waals surface area contributed by atoms with E-state index in [9.17, 15) is 4.79 Å². The zero-order valence-electron chi connectivity index (χ0n) is 13.3. The van der Waals surface area contributed by atoms with Crippen LogP contribution in [0.3, 0.4) is 0 Å². The van der Waals surface area contributed by atoms with E-state index >= 15 is 0 Å². The van der Waals surface area contributed by atoms with Crippen LogP contribution in [0.15, 0.2) is 34.8 Å². The number of amides is 1. The van der Waals surface area contributed by atoms with Crippen LogP contribution >= 0.6 is 15.9 Å². The fraction of sp³-hybridized carbons (Fsp3) is 0.235. The Hall–Kier alpha value is -2.21. The van der Waals surface area contributed by atoms with Gasteiger partial charge in [0.05, 0.1) is 23.0 Å². The van der Waals surface area contributed by atoms with E-state index in [0.717, 1.165) is 15.6 Å². The van der Waals surface area contributed by atoms with Crippen molar-refractivity contribution < 1.29 is 14.3 Å². The van der Waals surface area contributed by atoms with Gasteiger partial charge in [-0.25, -0.2) is 0 Å². The lowest BCUT2D eigenvalue weighted by Crippen LogP contribution is -2.21. The number of benzene rings is 2. The quantitative estimate of drug-likeness (QED) is 0.778. The lowest BCUT2D eigenvalue weighted by molar-refractivity contribution is -0.118. The Labute approximate surface area is 143 Å². The van der Waals surface area contributed by atoms with Crippen LogP contribution in [-0.4, -0.2) is 19.6 Å². The Morgan fingerprint density at radius 3 is 2.61 bits per heavy atom. The molecule has 0 heterocycles. The van der Waals surface area contributed by atoms with Gasteiger partial charge in [-0.05, 0) is 59.1 Å². The summed E-state index contributed by atoms with van der Waals surface area (Å²) in [6.07, 6.45) is 0. The minimum atomic E-state index is -0.284. The summed E-state index contributed by atoms with van der Waals surface area (Å²) < 4.78 is 11.5. The number of methoxy groups -OCH3 is 1. The molecule has 122 valence electrons. The molecular weight excluding hydrogens is 360 g/mol. The number of hydrogen-bond donors (Lipinski definition) is 2. The number of hydrogen-bond acceptors (Lipinski definition) is 4. The standard InChI is InChI=1S/C17H19BrN2O3/c1-10-6-11(2)17(13(18)7-10)23-9-16(21)20-15-5-4-12(22-3)8-14(15)19/h4-8H,9,19H2,1-3H3,(H,20,21). The second-order valence-corrected chi connectivity index (χ2v) is 6.04. The highest BCUT2D eigenvalue weighted by molar-refractivity contribution is 9.10. The highest BCUT2D eigenvalue weighted by Crippen LogP contribution is 2.30. The molecule has 0 atom stereocenters. The van der Waals surface area contributed by atoms with Crippen molar-refractivity contribution in [1.29, 1.82) is 0 Å². The Kier molecular flexibility index (Phi) is 5.50. The van der Waals surface area contributed by atoms with Crippen molar-refractivity contribution in [2.75, 3.05) is 24.8 Å². The minimum Gasteiger partial charge on any atom is -0.497 e. The van der Waals surface area contributed by atoms with Crippen molar-refractivity contribution in [1.82, 2.24) is 0 Å². The zero-order chi connectivity index (χ0) is 17.0. The monoisotopic (exact) mass is 378 g/mol. The van der Waals surface area contributed by atoms with Crippen LogP contribution in [0.2, 0.25) is 0 Å². The van der Waals surface area contributed by atoms with Gasteiger partial charge in [-0.3, -0.25) is 4.79 Å². The molecule has 3 N–H and O–H groups in total. The van der Waals surface area contributed by atoms with Crippen molar-refractivity contribution >= 4 is 33.2 Å². The molecule has 1 amide bonds. The van der Waals surface area contributed by atoms with Gasteiger partial charge in [0, 0.05) is 6.07 Å². The van der Waals surface area contributed by atoms with Gasteiger partial charge in [-0.1, -0.05) is 6.07 Å². The number of carbonyl (C=O) groups is 1. The molecule has 0 aliphatic rings. The van der Waals surface area contributed by atoms with Crippen LogP contribution in [0, 0.1) is 13.8 Å². The first-order chi connectivity index (χ1) is 10.9. The predicted molar refractivity (Wildman–Crippen MR) is 95.1 cm³/mol. The summed E-state index contributed by atoms with van der Waals surface area (Å²) in [7, 11) is 1.56. The molecular formula is C17H19BrN2O3. The average Bonchev–Trinajstić information content (AvgIpc) is 2.48. The van der Waals surface area contributed by atoms with Gasteiger partial charge >= 0.3 is 0 Å². The first-order valence-corrected chi connectivity index (χ1v) is 7.83. The Morgan fingerprint density at radius 1 is 1.26 bits per heavy atom. The van der Waals surface area contributed by atoms with Crippen molar-refractivity contribution in [2.24, 2.45) is 0 Å². The highest BCUT2D eigenvalue weighted by Gasteiger charge is 2.11. The maximum atomic E-state index is 12.0. The summed E-state index contributed by atoms with van der Waals surface area (Å²) in [5.41, 5.74) is 8.93. The molecule has 0 aromatic heterocycles. The molecule has 0 fully saturated rings. The lowest BCUT2D eigenvalue weighted by atomic mass is 10.1. The molecule has 0 saturated heterocycles. The van der Waals surface area contributed by atoms with Crippen LogP contribution in [0.25, 0.3) is 0 Å². The van der Waals surface area contributed by atoms with E-state index in [1.165, 1.54) is 0 Å². The van der Waals surface area contributed by atoms with Crippen molar-refractivity contribution in [3.8, 4) is 11.5 Å². The molecule has 0 radical (unpaired) electrons. The highest BCUT2D eigenvalue weighted by atomic mass is 79.9. The molecule has 0 spiro atoms. The zero-order valence-corrected chi connectivity index (χ0v) is 14.9. The summed E-state index contributed by atoms with van der Waals surface area (Å²) in [5.74, 6) is 1.01. The number of carbonyl (C=O) groups excluding carboxylic acids is 1. The van der Waals surface area contributed by atoms with Gasteiger partial charge in [-0.2, -0.15) is 0 Å². The van der Waals surface area contributed by atoms with Gasteiger partial charge in [0.15, 0.2) is 6.61 Å². The number of nitrogen functional groups attached to an aromatic ring is 1. The average molecular weight is 379 g/mol. The van der Waals surface area contributed by atoms with E-state index < -0.39 is 0 Å². The fourth-order valence-electron chi connectivity index (χ4n) is 2.19. The van der Waals surface area contributed by atoms with Gasteiger partial charge in [0.1, 0.15) is 11.5 Å². The molecule has 6 heteroatoms. The predicted octanol–water partition coefficient (Wildman–Crippen LogP) is 3.67. The number of nitrogens with two attached hydrogens (primary N) is 1. The maximum absolute atomic E-state index is 12.0. The summed E-state index contributed by atoms with van der Waals surface area (Å²) in [5, 5.41) is 2.72. The van der Waals surface area contributed by atoms with E-state index in [1.54, 1.807) is 25.3 Å². The van der Waals surface area contributed by atoms with Crippen molar-refractivity contribution in [2.45, 2.75) is 13.8 Å². The van der Waals surface area contributed by atoms with Crippen LogP contribution in [0.4, 0.5) is 11.4 Å². The molecule has 2 aromatic carbocycles. The van der Waals surface area contributed by atoms with Gasteiger partial charge in [0.25, 0.3) is 5.91 Å². The molecule has 0 aliphatic heterocycles. The van der Waals surface area contributed by atoms with E-state index in [4.69, 9.17) is 15.2 Å². The number of halogens is 1. The molecule has 5 nitrogen and oxygen atoms in total. The minimum absolute atomic E-state index is 0.103. The second-order valence-electron chi connectivity index (χ2n) is 5.18. The van der Waals surface area contributed by atoms with E-state index in [-0.39, 0.29) is 12.5 Å². The maximum Gasteiger partial charge on any atom is 0.262 e. The smallest absolute Gasteiger partial charge is 0.262 e. The van der Waals surface area contributed by atoms with Crippen LogP contribution < -0.4 is 20.5 Å². The Morgan fingerprint density at radius 2 is 2.00 bits per heavy atom. The fourth-order valence-corrected chi connectivity index (χ4v) is 2.98. The molecule has 23 heavy (non-hydrogen) atoms. The van der Waals surface area contributed by atoms with Crippen LogP contribution in [0.5, 0.6) is 11.5 Å². The second kappa shape index (κ2) is 7.37. The molecule has 0 unspecified atom stereocenters. The third-order valence-electron chi connectivity index (χ3n) is 3.25. The first-order valence-electron chi connectivity index (χ1n) is 7.03. The third kappa shape index (κ3) is 4.39. The molecule has 2 rings (SSSR count). The van der Waals surface area contributed by atoms with Crippen LogP contribution in [-0.2, 0) is 4.79 Å². The number of anilines is 2. The van der Waals surface area contributed by atoms with Gasteiger partial charge < -0.3 is 20.5 Å². The summed E-state index contributed by atoms with van der Waals surface area (Å²) in [6.45, 7) is 3.83. The first kappa shape index (κ1) is 17.1. The van der Waals surface area contributed by atoms with Gasteiger partial charge in [0.2, 0.25) is 0 Å². The lowest BCUT2D eigenvalue weighted by Gasteiger charge is -2.13. The number of aryl methyl sites for hydroxylation is 2. The number of nitrogens with one attached hydrogen (secondary N) is 1.